The van der Waals surface area contributed by atoms with Crippen molar-refractivity contribution >= 4 is 23.4 Å². The molecule has 10 nitrogen and oxygen atoms in total. The highest BCUT2D eigenvalue weighted by Gasteiger charge is 2.41. The van der Waals surface area contributed by atoms with Gasteiger partial charge in [0.2, 0.25) is 0 Å². The van der Waals surface area contributed by atoms with E-state index in [9.17, 15) is 18.0 Å². The number of ether oxygens (including phenoxy) is 3. The van der Waals surface area contributed by atoms with Gasteiger partial charge in [0.15, 0.2) is 11.6 Å². The molecule has 2 saturated heterocycles. The molecular weight excluding hydrogens is 529 g/mol. The minimum absolute atomic E-state index is 0.0714. The summed E-state index contributed by atoms with van der Waals surface area (Å²) < 4.78 is 56.8. The van der Waals surface area contributed by atoms with Crippen LogP contribution in [0.15, 0.2) is 48.7 Å². The largest absolute Gasteiger partial charge is 0.461 e. The van der Waals surface area contributed by atoms with Crippen molar-refractivity contribution < 1.29 is 32.2 Å². The number of benzene rings is 1. The third kappa shape index (κ3) is 5.26. The Morgan fingerprint density at radius 2 is 2.05 bits per heavy atom. The van der Waals surface area contributed by atoms with E-state index < -0.39 is 23.6 Å². The molecule has 210 valence electrons. The summed E-state index contributed by atoms with van der Waals surface area (Å²) in [7, 11) is 0. The predicted molar refractivity (Wildman–Crippen MR) is 139 cm³/mol. The lowest BCUT2D eigenvalue weighted by Gasteiger charge is -2.35. The summed E-state index contributed by atoms with van der Waals surface area (Å²) in [5, 5.41) is 2.80. The van der Waals surface area contributed by atoms with Gasteiger partial charge >= 0.3 is 18.2 Å². The maximum Gasteiger partial charge on any atom is 0.416 e. The van der Waals surface area contributed by atoms with Crippen molar-refractivity contribution in [1.82, 2.24) is 15.0 Å². The molecule has 3 aromatic rings. The van der Waals surface area contributed by atoms with Gasteiger partial charge < -0.3 is 19.1 Å². The Balaban J connectivity index is 1.22. The molecule has 2 aromatic heterocycles. The lowest BCUT2D eigenvalue weighted by atomic mass is 10.1. The Kier molecular flexibility index (Phi) is 6.50. The van der Waals surface area contributed by atoms with E-state index in [1.165, 1.54) is 12.3 Å². The quantitative estimate of drug-likeness (QED) is 0.482. The number of nitrogens with zero attached hydrogens (tertiary/aromatic N) is 5. The molecule has 40 heavy (non-hydrogen) atoms. The second-order valence-electron chi connectivity index (χ2n) is 10.3. The van der Waals surface area contributed by atoms with E-state index in [0.29, 0.717) is 30.2 Å². The van der Waals surface area contributed by atoms with Crippen molar-refractivity contribution in [2.75, 3.05) is 41.4 Å². The summed E-state index contributed by atoms with van der Waals surface area (Å²) in [6.45, 7) is 5.56. The van der Waals surface area contributed by atoms with E-state index in [2.05, 4.69) is 25.2 Å². The number of halogens is 3. The van der Waals surface area contributed by atoms with Crippen LogP contribution in [0.25, 0.3) is 11.3 Å². The molecule has 1 unspecified atom stereocenters. The number of rotatable bonds is 5. The van der Waals surface area contributed by atoms with Gasteiger partial charge in [0.25, 0.3) is 0 Å². The van der Waals surface area contributed by atoms with Crippen molar-refractivity contribution in [3.05, 3.63) is 54.2 Å². The smallest absolute Gasteiger partial charge is 0.416 e. The number of pyridine rings is 1. The predicted octanol–water partition coefficient (Wildman–Crippen LogP) is 4.72. The number of urea groups is 1. The van der Waals surface area contributed by atoms with Crippen molar-refractivity contribution in [3.8, 4) is 17.3 Å². The van der Waals surface area contributed by atoms with Crippen LogP contribution in [0.5, 0.6) is 6.01 Å². The Morgan fingerprint density at radius 3 is 2.83 bits per heavy atom. The second-order valence-corrected chi connectivity index (χ2v) is 10.3. The highest BCUT2D eigenvalue weighted by molar-refractivity contribution is 6.04. The first-order valence-corrected chi connectivity index (χ1v) is 12.9. The number of hydrogen-bond acceptors (Lipinski definition) is 8. The summed E-state index contributed by atoms with van der Waals surface area (Å²) in [5.41, 5.74) is 0.626. The van der Waals surface area contributed by atoms with Crippen LogP contribution in [0.1, 0.15) is 25.8 Å². The van der Waals surface area contributed by atoms with E-state index in [0.717, 1.165) is 30.8 Å². The number of carbonyl (C=O) groups is 1. The average molecular weight is 557 g/mol. The highest BCUT2D eigenvalue weighted by Crippen LogP contribution is 2.41. The van der Waals surface area contributed by atoms with Crippen LogP contribution < -0.4 is 19.9 Å². The Bertz CT molecular complexity index is 1440. The minimum Gasteiger partial charge on any atom is -0.461 e. The maximum atomic E-state index is 13.6. The van der Waals surface area contributed by atoms with Crippen LogP contribution in [0.3, 0.4) is 0 Å². The van der Waals surface area contributed by atoms with Crippen molar-refractivity contribution in [2.45, 2.75) is 44.4 Å². The molecule has 0 radical (unpaired) electrons. The average Bonchev–Trinajstić information content (AvgIpc) is 3.50. The summed E-state index contributed by atoms with van der Waals surface area (Å²) in [6.07, 6.45) is -2.56. The highest BCUT2D eigenvalue weighted by atomic mass is 19.4. The van der Waals surface area contributed by atoms with Gasteiger partial charge in [-0.25, -0.2) is 14.8 Å². The molecule has 2 amide bonds. The monoisotopic (exact) mass is 556 g/mol. The topological polar surface area (TPSA) is 102 Å². The molecule has 3 aliphatic rings. The number of alkyl halides is 3. The van der Waals surface area contributed by atoms with Gasteiger partial charge in [0.05, 0.1) is 29.6 Å². The van der Waals surface area contributed by atoms with Gasteiger partial charge in [0.1, 0.15) is 18.5 Å². The Labute approximate surface area is 228 Å². The van der Waals surface area contributed by atoms with Crippen LogP contribution in [-0.2, 0) is 15.7 Å². The third-order valence-electron chi connectivity index (χ3n) is 6.99. The standard InChI is InChI=1S/C27H27F3N6O4/c1-26(2)39-15-19(40-26)14-38-24-31-10-8-22(33-24)34-25(37)36-18-9-11-35(13-18)21-7-6-20(32-23(21)36)16-4-3-5-17(12-16)27(28,29)30/h3-8,10,12,18-19H,9,11,13-15H2,1-2H3,(H,31,33,34,37)/t18?,19-/m0/s1. The molecule has 2 fully saturated rings. The summed E-state index contributed by atoms with van der Waals surface area (Å²) >= 11 is 0. The fraction of sp³-hybridized carbons (Fsp3) is 0.407. The van der Waals surface area contributed by atoms with Gasteiger partial charge in [-0.05, 0) is 50.6 Å². The van der Waals surface area contributed by atoms with Crippen LogP contribution in [0.2, 0.25) is 0 Å². The van der Waals surface area contributed by atoms with Crippen molar-refractivity contribution in [1.29, 1.82) is 0 Å². The maximum absolute atomic E-state index is 13.6. The van der Waals surface area contributed by atoms with Crippen molar-refractivity contribution in [3.63, 3.8) is 0 Å². The van der Waals surface area contributed by atoms with Crippen LogP contribution in [0.4, 0.5) is 35.3 Å². The molecule has 2 bridgehead atoms. The normalized spacial score (nSPS) is 21.3. The SMILES string of the molecule is CC1(C)OC[C@H](COc2nccc(NC(=O)N3c4nc(-c5cccc(C(F)(F)F)c5)ccc4N4CCC3C4)n2)O1. The number of anilines is 3. The number of aromatic nitrogens is 3. The van der Waals surface area contributed by atoms with Gasteiger partial charge in [0, 0.05) is 24.8 Å². The Hall–Kier alpha value is -3.97. The van der Waals surface area contributed by atoms with Crippen LogP contribution >= 0.6 is 0 Å². The first kappa shape index (κ1) is 26.3. The van der Waals surface area contributed by atoms with Crippen LogP contribution in [0, 0.1) is 0 Å². The van der Waals surface area contributed by atoms with Gasteiger partial charge in [-0.3, -0.25) is 10.2 Å². The number of carbonyl (C=O) groups excluding carboxylic acids is 1. The number of nitrogens with one attached hydrogen (secondary N) is 1. The first-order valence-electron chi connectivity index (χ1n) is 12.9. The third-order valence-corrected chi connectivity index (χ3v) is 6.99. The number of amides is 2. The lowest BCUT2D eigenvalue weighted by molar-refractivity contribution is -0.141. The zero-order valence-electron chi connectivity index (χ0n) is 21.8. The molecule has 2 atom stereocenters. The van der Waals surface area contributed by atoms with Gasteiger partial charge in [-0.2, -0.15) is 18.2 Å². The second kappa shape index (κ2) is 9.89. The fourth-order valence-electron chi connectivity index (χ4n) is 5.15. The molecule has 6 rings (SSSR count). The van der Waals surface area contributed by atoms with E-state index in [1.807, 2.05) is 13.8 Å². The van der Waals surface area contributed by atoms with E-state index in [4.69, 9.17) is 14.2 Å². The summed E-state index contributed by atoms with van der Waals surface area (Å²) in [4.78, 5) is 30.3. The van der Waals surface area contributed by atoms with E-state index in [1.54, 1.807) is 29.2 Å². The molecule has 5 heterocycles. The lowest BCUT2D eigenvalue weighted by Crippen LogP contribution is -2.48. The Morgan fingerprint density at radius 1 is 1.20 bits per heavy atom. The fourth-order valence-corrected chi connectivity index (χ4v) is 5.15. The summed E-state index contributed by atoms with van der Waals surface area (Å²) in [6, 6.07) is 9.47. The van der Waals surface area contributed by atoms with E-state index in [-0.39, 0.29) is 30.6 Å². The molecular formula is C27H27F3N6O4. The van der Waals surface area contributed by atoms with Crippen LogP contribution in [-0.4, -0.2) is 65.2 Å². The molecule has 0 saturated carbocycles. The molecule has 0 spiro atoms. The van der Waals surface area contributed by atoms with Gasteiger partial charge in [-0.1, -0.05) is 12.1 Å². The molecule has 1 aromatic carbocycles. The zero-order valence-corrected chi connectivity index (χ0v) is 21.8. The molecule has 3 aliphatic heterocycles. The van der Waals surface area contributed by atoms with E-state index >= 15 is 0 Å². The zero-order chi connectivity index (χ0) is 28.1. The first-order chi connectivity index (χ1) is 19.1. The number of fused-ring (bicyclic) bond motifs is 4. The number of hydrogen-bond donors (Lipinski definition) is 1. The summed E-state index contributed by atoms with van der Waals surface area (Å²) in [5.74, 6) is -0.0667. The van der Waals surface area contributed by atoms with Gasteiger partial charge in [-0.15, -0.1) is 0 Å². The molecule has 1 N–H and O–H groups in total. The van der Waals surface area contributed by atoms with Crippen molar-refractivity contribution in [2.24, 2.45) is 0 Å². The molecule has 0 aliphatic carbocycles. The minimum atomic E-state index is -4.48. The molecule has 13 heteroatoms.